The van der Waals surface area contributed by atoms with Crippen molar-refractivity contribution in [3.05, 3.63) is 65.6 Å². The molecule has 8 heteroatoms. The van der Waals surface area contributed by atoms with Gasteiger partial charge in [0.2, 0.25) is 11.8 Å². The number of anilines is 1. The summed E-state index contributed by atoms with van der Waals surface area (Å²) in [7, 11) is 2.12. The number of nitriles is 1. The Morgan fingerprint density at radius 3 is 2.58 bits per heavy atom. The Morgan fingerprint density at radius 2 is 1.87 bits per heavy atom. The molecule has 1 aliphatic heterocycles. The fraction of sp³-hybridized carbons (Fsp3) is 0.304. The predicted molar refractivity (Wildman–Crippen MR) is 120 cm³/mol. The van der Waals surface area contributed by atoms with Gasteiger partial charge in [0.05, 0.1) is 11.1 Å². The molecule has 0 atom stereocenters. The molecule has 0 aliphatic carbocycles. The van der Waals surface area contributed by atoms with E-state index in [0.717, 1.165) is 47.1 Å². The van der Waals surface area contributed by atoms with Crippen molar-refractivity contribution in [1.29, 1.82) is 5.26 Å². The minimum Gasteiger partial charge on any atom is -0.472 e. The largest absolute Gasteiger partial charge is 0.472 e. The maximum absolute atomic E-state index is 9.13. The summed E-state index contributed by atoms with van der Waals surface area (Å²) in [6.07, 6.45) is 3.52. The fourth-order valence-electron chi connectivity index (χ4n) is 3.25. The van der Waals surface area contributed by atoms with Gasteiger partial charge in [-0.05, 0) is 31.2 Å². The van der Waals surface area contributed by atoms with Gasteiger partial charge in [-0.25, -0.2) is 9.97 Å². The molecule has 3 heterocycles. The third kappa shape index (κ3) is 5.32. The summed E-state index contributed by atoms with van der Waals surface area (Å²) in [5, 5.41) is 9.13. The summed E-state index contributed by atoms with van der Waals surface area (Å²) >= 11 is 1.49. The first-order chi connectivity index (χ1) is 15.1. The zero-order valence-corrected chi connectivity index (χ0v) is 18.5. The molecule has 1 aromatic carbocycles. The first-order valence-electron chi connectivity index (χ1n) is 10.1. The molecule has 4 rings (SSSR count). The van der Waals surface area contributed by atoms with E-state index in [2.05, 4.69) is 32.9 Å². The molecule has 3 aromatic rings. The van der Waals surface area contributed by atoms with Crippen LogP contribution in [-0.2, 0) is 6.61 Å². The van der Waals surface area contributed by atoms with Gasteiger partial charge in [-0.15, -0.1) is 0 Å². The molecule has 1 fully saturated rings. The van der Waals surface area contributed by atoms with E-state index in [1.54, 1.807) is 6.20 Å². The second-order valence-electron chi connectivity index (χ2n) is 7.45. The van der Waals surface area contributed by atoms with Gasteiger partial charge in [0.1, 0.15) is 18.4 Å². The Kier molecular flexibility index (Phi) is 6.65. The molecule has 1 saturated heterocycles. The van der Waals surface area contributed by atoms with Crippen molar-refractivity contribution in [2.75, 3.05) is 38.1 Å². The van der Waals surface area contributed by atoms with E-state index in [-0.39, 0.29) is 0 Å². The van der Waals surface area contributed by atoms with Gasteiger partial charge in [0.25, 0.3) is 0 Å². The lowest BCUT2D eigenvalue weighted by Crippen LogP contribution is -2.45. The molecule has 0 radical (unpaired) electrons. The van der Waals surface area contributed by atoms with Crippen LogP contribution in [0.5, 0.6) is 5.88 Å². The first-order valence-corrected chi connectivity index (χ1v) is 11.0. The lowest BCUT2D eigenvalue weighted by atomic mass is 10.2. The molecule has 0 N–H and O–H groups in total. The van der Waals surface area contributed by atoms with Crippen LogP contribution in [0.25, 0.3) is 0 Å². The highest BCUT2D eigenvalue weighted by atomic mass is 32.2. The summed E-state index contributed by atoms with van der Waals surface area (Å²) in [5.41, 5.74) is 2.36. The van der Waals surface area contributed by atoms with Crippen molar-refractivity contribution in [3.63, 3.8) is 0 Å². The Bertz CT molecular complexity index is 1080. The van der Waals surface area contributed by atoms with E-state index in [9.17, 15) is 0 Å². The monoisotopic (exact) mass is 432 g/mol. The van der Waals surface area contributed by atoms with Crippen LogP contribution in [0.4, 0.5) is 5.95 Å². The number of likely N-dealkylation sites (N-methyl/N-ethyl adjacent to an activating group) is 1. The third-order valence-corrected chi connectivity index (χ3v) is 6.06. The van der Waals surface area contributed by atoms with Crippen molar-refractivity contribution in [2.24, 2.45) is 0 Å². The van der Waals surface area contributed by atoms with Gasteiger partial charge >= 0.3 is 0 Å². The van der Waals surface area contributed by atoms with Crippen molar-refractivity contribution in [2.45, 2.75) is 23.3 Å². The summed E-state index contributed by atoms with van der Waals surface area (Å²) in [5.74, 6) is 1.24. The van der Waals surface area contributed by atoms with E-state index in [1.807, 2.05) is 49.5 Å². The van der Waals surface area contributed by atoms with E-state index in [4.69, 9.17) is 15.0 Å². The number of rotatable bonds is 6. The lowest BCUT2D eigenvalue weighted by Gasteiger charge is -2.32. The average molecular weight is 433 g/mol. The number of nitrogens with zero attached hydrogens (tertiary/aromatic N) is 6. The molecular weight excluding hydrogens is 408 g/mol. The van der Waals surface area contributed by atoms with Gasteiger partial charge < -0.3 is 14.5 Å². The predicted octanol–water partition coefficient (Wildman–Crippen LogP) is 3.53. The summed E-state index contributed by atoms with van der Waals surface area (Å²) in [4.78, 5) is 19.8. The Hall–Kier alpha value is -3.15. The van der Waals surface area contributed by atoms with Crippen LogP contribution in [0.1, 0.15) is 16.8 Å². The molecule has 158 valence electrons. The molecule has 0 saturated carbocycles. The first kappa shape index (κ1) is 21.1. The minimum absolute atomic E-state index is 0.429. The van der Waals surface area contributed by atoms with E-state index >= 15 is 0 Å². The number of piperazine rings is 1. The standard InChI is InChI=1S/C23H24N6OS/c1-17-12-19(14-25-20(17)13-24)31-21-15-26-23(29-10-8-28(2)9-11-29)27-22(21)30-16-18-6-4-3-5-7-18/h3-7,12,14-15H,8-11,16H2,1-2H3. The molecule has 0 spiro atoms. The number of aryl methyl sites for hydroxylation is 1. The number of ether oxygens (including phenoxy) is 1. The Labute approximate surface area is 186 Å². The second kappa shape index (κ2) is 9.77. The van der Waals surface area contributed by atoms with Gasteiger partial charge in [0, 0.05) is 37.3 Å². The quantitative estimate of drug-likeness (QED) is 0.585. The molecule has 7 nitrogen and oxygen atoms in total. The highest BCUT2D eigenvalue weighted by molar-refractivity contribution is 7.99. The number of aromatic nitrogens is 3. The molecular formula is C23H24N6OS. The van der Waals surface area contributed by atoms with Crippen LogP contribution in [0.2, 0.25) is 0 Å². The van der Waals surface area contributed by atoms with E-state index in [1.165, 1.54) is 11.8 Å². The van der Waals surface area contributed by atoms with Crippen LogP contribution in [0.15, 0.2) is 58.6 Å². The van der Waals surface area contributed by atoms with E-state index < -0.39 is 0 Å². The fourth-order valence-corrected chi connectivity index (χ4v) is 4.15. The zero-order chi connectivity index (χ0) is 21.6. The van der Waals surface area contributed by atoms with Gasteiger partial charge in [-0.2, -0.15) is 10.2 Å². The number of pyridine rings is 1. The van der Waals surface area contributed by atoms with Crippen molar-refractivity contribution < 1.29 is 4.74 Å². The van der Waals surface area contributed by atoms with Crippen LogP contribution in [-0.4, -0.2) is 53.1 Å². The SMILES string of the molecule is Cc1cc(Sc2cnc(N3CCN(C)CC3)nc2OCc2ccccc2)cnc1C#N. The molecule has 0 amide bonds. The van der Waals surface area contributed by atoms with Crippen LogP contribution < -0.4 is 9.64 Å². The van der Waals surface area contributed by atoms with Gasteiger partial charge in [-0.3, -0.25) is 0 Å². The van der Waals surface area contributed by atoms with Crippen molar-refractivity contribution >= 4 is 17.7 Å². The highest BCUT2D eigenvalue weighted by Crippen LogP contribution is 2.35. The van der Waals surface area contributed by atoms with E-state index in [0.29, 0.717) is 24.1 Å². The smallest absolute Gasteiger partial charge is 0.232 e. The van der Waals surface area contributed by atoms with Crippen LogP contribution >= 0.6 is 11.8 Å². The van der Waals surface area contributed by atoms with Crippen molar-refractivity contribution in [1.82, 2.24) is 19.9 Å². The van der Waals surface area contributed by atoms with Crippen LogP contribution in [0.3, 0.4) is 0 Å². The summed E-state index contributed by atoms with van der Waals surface area (Å²) in [6.45, 7) is 6.06. The maximum Gasteiger partial charge on any atom is 0.232 e. The Balaban J connectivity index is 1.59. The second-order valence-corrected chi connectivity index (χ2v) is 8.57. The summed E-state index contributed by atoms with van der Waals surface area (Å²) in [6, 6.07) is 14.1. The molecule has 1 aliphatic rings. The van der Waals surface area contributed by atoms with Crippen LogP contribution in [0, 0.1) is 18.3 Å². The number of hydrogen-bond acceptors (Lipinski definition) is 8. The highest BCUT2D eigenvalue weighted by Gasteiger charge is 2.19. The topological polar surface area (TPSA) is 78.2 Å². The lowest BCUT2D eigenvalue weighted by molar-refractivity contribution is 0.283. The average Bonchev–Trinajstić information content (AvgIpc) is 2.80. The molecule has 31 heavy (non-hydrogen) atoms. The summed E-state index contributed by atoms with van der Waals surface area (Å²) < 4.78 is 6.14. The number of hydrogen-bond donors (Lipinski definition) is 0. The Morgan fingerprint density at radius 1 is 1.10 bits per heavy atom. The van der Waals surface area contributed by atoms with Gasteiger partial charge in [0.15, 0.2) is 0 Å². The van der Waals surface area contributed by atoms with Gasteiger partial charge in [-0.1, -0.05) is 42.1 Å². The number of benzene rings is 1. The third-order valence-electron chi connectivity index (χ3n) is 5.10. The normalized spacial score (nSPS) is 14.3. The molecule has 2 aromatic heterocycles. The molecule has 0 unspecified atom stereocenters. The maximum atomic E-state index is 9.13. The zero-order valence-electron chi connectivity index (χ0n) is 17.7. The molecule has 0 bridgehead atoms. The minimum atomic E-state index is 0.429. The van der Waals surface area contributed by atoms with Crippen molar-refractivity contribution in [3.8, 4) is 11.9 Å².